The van der Waals surface area contributed by atoms with Gasteiger partial charge in [-0.2, -0.15) is 0 Å². The fourth-order valence-corrected chi connectivity index (χ4v) is 4.35. The van der Waals surface area contributed by atoms with Gasteiger partial charge in [0.1, 0.15) is 0 Å². The first kappa shape index (κ1) is 14.9. The quantitative estimate of drug-likeness (QED) is 0.667. The highest BCUT2D eigenvalue weighted by molar-refractivity contribution is 9.10. The molecule has 0 saturated carbocycles. The molecule has 0 atom stereocenters. The zero-order valence-corrected chi connectivity index (χ0v) is 14.4. The Bertz CT molecular complexity index is 676. The smallest absolute Gasteiger partial charge is 0.190 e. The molecule has 0 saturated heterocycles. The van der Waals surface area contributed by atoms with Crippen molar-refractivity contribution >= 4 is 32.8 Å². The van der Waals surface area contributed by atoms with Gasteiger partial charge < -0.3 is 0 Å². The zero-order chi connectivity index (χ0) is 14.8. The highest BCUT2D eigenvalue weighted by atomic mass is 79.9. The van der Waals surface area contributed by atoms with Crippen LogP contribution in [0.1, 0.15) is 29.2 Å². The van der Waals surface area contributed by atoms with Gasteiger partial charge in [0, 0.05) is 16.3 Å². The van der Waals surface area contributed by atoms with Gasteiger partial charge in [-0.15, -0.1) is 0 Å². The van der Waals surface area contributed by atoms with Crippen LogP contribution in [0.25, 0.3) is 0 Å². The number of halogens is 1. The van der Waals surface area contributed by atoms with Crippen LogP contribution in [-0.2, 0) is 30.5 Å². The lowest BCUT2D eigenvalue weighted by atomic mass is 9.97. The molecule has 4 bridgehead atoms. The van der Waals surface area contributed by atoms with Gasteiger partial charge in [0.2, 0.25) is 0 Å². The normalized spacial score (nSPS) is 13.8. The van der Waals surface area contributed by atoms with Crippen molar-refractivity contribution < 1.29 is 4.79 Å². The van der Waals surface area contributed by atoms with Gasteiger partial charge in [-0.25, -0.2) is 0 Å². The van der Waals surface area contributed by atoms with Crippen molar-refractivity contribution in [3.8, 4) is 0 Å². The second kappa shape index (κ2) is 6.37. The van der Waals surface area contributed by atoms with Crippen LogP contribution in [0.4, 0.5) is 0 Å². The molecule has 0 heterocycles. The van der Waals surface area contributed by atoms with Crippen molar-refractivity contribution in [3.63, 3.8) is 0 Å². The summed E-state index contributed by atoms with van der Waals surface area (Å²) >= 11 is 5.08. The van der Waals surface area contributed by atoms with Crippen molar-refractivity contribution in [1.82, 2.24) is 0 Å². The lowest BCUT2D eigenvalue weighted by Gasteiger charge is -2.16. The van der Waals surface area contributed by atoms with Crippen LogP contribution < -0.4 is 0 Å². The van der Waals surface area contributed by atoms with E-state index in [2.05, 4.69) is 52.3 Å². The molecule has 4 aliphatic carbocycles. The van der Waals surface area contributed by atoms with Crippen LogP contribution in [0.3, 0.4) is 0 Å². The van der Waals surface area contributed by atoms with E-state index in [9.17, 15) is 4.79 Å². The third-order valence-corrected chi connectivity index (χ3v) is 6.02. The summed E-state index contributed by atoms with van der Waals surface area (Å²) in [5, 5.41) is 0.143. The van der Waals surface area contributed by atoms with E-state index in [1.165, 1.54) is 34.0 Å². The summed E-state index contributed by atoms with van der Waals surface area (Å²) in [5.74, 6) is 0. The van der Waals surface area contributed by atoms with Crippen LogP contribution in [0.5, 0.6) is 0 Å². The number of aryl methyl sites for hydroxylation is 4. The van der Waals surface area contributed by atoms with Crippen LogP contribution in [0.15, 0.2) is 45.8 Å². The molecule has 2 aromatic carbocycles. The van der Waals surface area contributed by atoms with Gasteiger partial charge in [0.15, 0.2) is 5.12 Å². The summed E-state index contributed by atoms with van der Waals surface area (Å²) in [4.78, 5) is 12.7. The molecule has 0 aliphatic heterocycles. The predicted molar refractivity (Wildman–Crippen MR) is 91.9 cm³/mol. The molecule has 0 aromatic heterocycles. The number of carbonyl (C=O) groups excluding carboxylic acids is 1. The number of rotatable bonds is 1. The maximum absolute atomic E-state index is 11.6. The first-order valence-electron chi connectivity index (χ1n) is 7.20. The number of hydrogen-bond donors (Lipinski definition) is 0. The lowest BCUT2D eigenvalue weighted by Crippen LogP contribution is -2.02. The van der Waals surface area contributed by atoms with Crippen LogP contribution >= 0.6 is 27.7 Å². The minimum atomic E-state index is 0.143. The summed E-state index contributed by atoms with van der Waals surface area (Å²) < 4.78 is 1.11. The van der Waals surface area contributed by atoms with E-state index in [-0.39, 0.29) is 5.12 Å². The van der Waals surface area contributed by atoms with Crippen molar-refractivity contribution in [2.45, 2.75) is 37.5 Å². The molecule has 4 aliphatic rings. The van der Waals surface area contributed by atoms with Crippen molar-refractivity contribution in [1.29, 1.82) is 0 Å². The van der Waals surface area contributed by atoms with E-state index >= 15 is 0 Å². The SMILES string of the molecule is CC(=O)Sc1c2ccc(c1Br)CCc1ccc(cc1)CC2. The number of hydrogen-bond acceptors (Lipinski definition) is 2. The largest absolute Gasteiger partial charge is 0.287 e. The van der Waals surface area contributed by atoms with Gasteiger partial charge >= 0.3 is 0 Å². The molecule has 3 heteroatoms. The maximum Gasteiger partial charge on any atom is 0.190 e. The third-order valence-electron chi connectivity index (χ3n) is 3.89. The summed E-state index contributed by atoms with van der Waals surface area (Å²) in [7, 11) is 0. The van der Waals surface area contributed by atoms with Crippen LogP contribution in [-0.4, -0.2) is 5.12 Å². The molecule has 0 fully saturated rings. The number of carbonyl (C=O) groups is 1. The molecule has 0 radical (unpaired) electrons. The molecular weight excluding hydrogens is 344 g/mol. The van der Waals surface area contributed by atoms with E-state index in [1.54, 1.807) is 6.92 Å². The Morgan fingerprint density at radius 2 is 1.43 bits per heavy atom. The molecule has 0 N–H and O–H groups in total. The van der Waals surface area contributed by atoms with E-state index < -0.39 is 0 Å². The summed E-state index contributed by atoms with van der Waals surface area (Å²) in [6.07, 6.45) is 4.00. The van der Waals surface area contributed by atoms with Gasteiger partial charge in [-0.1, -0.05) is 48.2 Å². The predicted octanol–water partition coefficient (Wildman–Crippen LogP) is 4.97. The van der Waals surface area contributed by atoms with E-state index in [4.69, 9.17) is 0 Å². The molecule has 0 unspecified atom stereocenters. The lowest BCUT2D eigenvalue weighted by molar-refractivity contribution is -0.109. The van der Waals surface area contributed by atoms with Gasteiger partial charge in [0.05, 0.1) is 0 Å². The fraction of sp³-hybridized carbons (Fsp3) is 0.278. The second-order valence-electron chi connectivity index (χ2n) is 5.44. The topological polar surface area (TPSA) is 17.1 Å². The van der Waals surface area contributed by atoms with Crippen molar-refractivity contribution in [3.05, 3.63) is 63.1 Å². The molecule has 21 heavy (non-hydrogen) atoms. The molecular formula is C18H17BrOS. The first-order valence-corrected chi connectivity index (χ1v) is 8.81. The summed E-state index contributed by atoms with van der Waals surface area (Å²) in [6, 6.07) is 13.3. The standard InChI is InChI=1S/C18H17BrOS/c1-12(20)21-18-16-9-7-14-4-2-13(3-5-14)6-8-15(10-11-16)17(18)19/h2-5,10-11H,6-9H2,1H3. The molecule has 1 nitrogen and oxygen atoms in total. The number of benzene rings is 2. The average molecular weight is 361 g/mol. The number of thioether (sulfide) groups is 1. The van der Waals surface area contributed by atoms with E-state index in [0.717, 1.165) is 35.1 Å². The highest BCUT2D eigenvalue weighted by Gasteiger charge is 2.15. The van der Waals surface area contributed by atoms with E-state index in [0.29, 0.717) is 0 Å². The highest BCUT2D eigenvalue weighted by Crippen LogP contribution is 2.36. The van der Waals surface area contributed by atoms with Gasteiger partial charge in [-0.3, -0.25) is 4.79 Å². The Kier molecular flexibility index (Phi) is 4.51. The Labute approximate surface area is 138 Å². The van der Waals surface area contributed by atoms with Crippen LogP contribution in [0, 0.1) is 0 Å². The van der Waals surface area contributed by atoms with Crippen molar-refractivity contribution in [2.24, 2.45) is 0 Å². The summed E-state index contributed by atoms with van der Waals surface area (Å²) in [6.45, 7) is 1.63. The Morgan fingerprint density at radius 1 is 0.905 bits per heavy atom. The molecule has 0 spiro atoms. The zero-order valence-electron chi connectivity index (χ0n) is 12.0. The Hall–Kier alpha value is -1.06. The monoisotopic (exact) mass is 360 g/mol. The Morgan fingerprint density at radius 3 is 2.00 bits per heavy atom. The van der Waals surface area contributed by atoms with Gasteiger partial charge in [0.25, 0.3) is 0 Å². The molecule has 6 rings (SSSR count). The first-order chi connectivity index (χ1) is 10.1. The van der Waals surface area contributed by atoms with Crippen LogP contribution in [0.2, 0.25) is 0 Å². The minimum Gasteiger partial charge on any atom is -0.287 e. The van der Waals surface area contributed by atoms with Crippen molar-refractivity contribution in [2.75, 3.05) is 0 Å². The Balaban J connectivity index is 2.04. The molecule has 0 amide bonds. The maximum atomic E-state index is 11.6. The molecule has 2 aromatic rings. The summed E-state index contributed by atoms with van der Waals surface area (Å²) in [5.41, 5.74) is 5.27. The molecule has 108 valence electrons. The minimum absolute atomic E-state index is 0.143. The average Bonchev–Trinajstić information content (AvgIpc) is 2.45. The fourth-order valence-electron chi connectivity index (χ4n) is 2.71. The van der Waals surface area contributed by atoms with Gasteiger partial charge in [-0.05, 0) is 63.9 Å². The van der Waals surface area contributed by atoms with E-state index in [1.807, 2.05) is 0 Å². The second-order valence-corrected chi connectivity index (χ2v) is 7.42. The third kappa shape index (κ3) is 3.41.